The molecule has 1 amide bonds. The lowest BCUT2D eigenvalue weighted by molar-refractivity contribution is 0.0956. The van der Waals surface area contributed by atoms with Crippen molar-refractivity contribution in [3.63, 3.8) is 0 Å². The minimum atomic E-state index is -0.117. The van der Waals surface area contributed by atoms with E-state index in [4.69, 9.17) is 16.3 Å². The second kappa shape index (κ2) is 5.50. The van der Waals surface area contributed by atoms with Crippen LogP contribution in [-0.4, -0.2) is 25.4 Å². The quantitative estimate of drug-likeness (QED) is 0.773. The standard InChI is InChI=1S/C10H12ClNO2/c1-14-9-4-2-8(3-5-9)10(13)12-7-6-11/h2-5H,6-7H2,1H3,(H,12,13). The highest BCUT2D eigenvalue weighted by Gasteiger charge is 2.03. The number of ether oxygens (including phenoxy) is 1. The zero-order chi connectivity index (χ0) is 10.4. The molecule has 0 saturated heterocycles. The minimum Gasteiger partial charge on any atom is -0.497 e. The molecule has 0 fully saturated rings. The number of halogens is 1. The van der Waals surface area contributed by atoms with Gasteiger partial charge in [0.15, 0.2) is 0 Å². The molecule has 0 bridgehead atoms. The van der Waals surface area contributed by atoms with Gasteiger partial charge in [0.25, 0.3) is 5.91 Å². The van der Waals surface area contributed by atoms with Gasteiger partial charge < -0.3 is 10.1 Å². The van der Waals surface area contributed by atoms with Gasteiger partial charge in [0.05, 0.1) is 7.11 Å². The van der Waals surface area contributed by atoms with Crippen molar-refractivity contribution in [1.82, 2.24) is 5.32 Å². The molecule has 0 aliphatic carbocycles. The van der Waals surface area contributed by atoms with E-state index in [1.807, 2.05) is 0 Å². The maximum atomic E-state index is 11.4. The second-order valence-electron chi connectivity index (χ2n) is 2.67. The third kappa shape index (κ3) is 2.92. The molecule has 1 aromatic carbocycles. The summed E-state index contributed by atoms with van der Waals surface area (Å²) in [5.74, 6) is 1.04. The van der Waals surface area contributed by atoms with E-state index in [-0.39, 0.29) is 5.91 Å². The number of carbonyl (C=O) groups excluding carboxylic acids is 1. The third-order valence-electron chi connectivity index (χ3n) is 1.73. The van der Waals surface area contributed by atoms with Gasteiger partial charge in [0.1, 0.15) is 5.75 Å². The zero-order valence-corrected chi connectivity index (χ0v) is 8.67. The van der Waals surface area contributed by atoms with Crippen LogP contribution in [0.3, 0.4) is 0 Å². The molecule has 0 aromatic heterocycles. The first kappa shape index (κ1) is 10.9. The Morgan fingerprint density at radius 2 is 2.07 bits per heavy atom. The Hall–Kier alpha value is -1.22. The van der Waals surface area contributed by atoms with Crippen molar-refractivity contribution in [2.24, 2.45) is 0 Å². The van der Waals surface area contributed by atoms with Crippen LogP contribution in [0.15, 0.2) is 24.3 Å². The predicted octanol–water partition coefficient (Wildman–Crippen LogP) is 1.66. The highest BCUT2D eigenvalue weighted by molar-refractivity contribution is 6.18. The van der Waals surface area contributed by atoms with Gasteiger partial charge in [-0.3, -0.25) is 4.79 Å². The fourth-order valence-electron chi connectivity index (χ4n) is 1.01. The van der Waals surface area contributed by atoms with Gasteiger partial charge in [0, 0.05) is 18.0 Å². The molecule has 76 valence electrons. The molecule has 1 N–H and O–H groups in total. The summed E-state index contributed by atoms with van der Waals surface area (Å²) >= 11 is 5.45. The van der Waals surface area contributed by atoms with Crippen LogP contribution in [-0.2, 0) is 0 Å². The molecule has 0 aliphatic heterocycles. The lowest BCUT2D eigenvalue weighted by atomic mass is 10.2. The highest BCUT2D eigenvalue weighted by atomic mass is 35.5. The summed E-state index contributed by atoms with van der Waals surface area (Å²) < 4.78 is 4.98. The van der Waals surface area contributed by atoms with Crippen molar-refractivity contribution in [1.29, 1.82) is 0 Å². The van der Waals surface area contributed by atoms with Crippen molar-refractivity contribution in [3.05, 3.63) is 29.8 Å². The van der Waals surface area contributed by atoms with Crippen molar-refractivity contribution >= 4 is 17.5 Å². The van der Waals surface area contributed by atoms with Gasteiger partial charge >= 0.3 is 0 Å². The summed E-state index contributed by atoms with van der Waals surface area (Å²) in [5, 5.41) is 2.67. The zero-order valence-electron chi connectivity index (χ0n) is 7.92. The number of nitrogens with one attached hydrogen (secondary N) is 1. The van der Waals surface area contributed by atoms with Gasteiger partial charge in [-0.2, -0.15) is 0 Å². The lowest BCUT2D eigenvalue weighted by Gasteiger charge is -2.03. The van der Waals surface area contributed by atoms with Crippen LogP contribution in [0.4, 0.5) is 0 Å². The van der Waals surface area contributed by atoms with Crippen LogP contribution < -0.4 is 10.1 Å². The van der Waals surface area contributed by atoms with E-state index >= 15 is 0 Å². The molecular weight excluding hydrogens is 202 g/mol. The fourth-order valence-corrected chi connectivity index (χ4v) is 1.10. The van der Waals surface area contributed by atoms with E-state index in [1.165, 1.54) is 0 Å². The monoisotopic (exact) mass is 213 g/mol. The Balaban J connectivity index is 2.62. The maximum absolute atomic E-state index is 11.4. The molecule has 0 aliphatic rings. The predicted molar refractivity (Wildman–Crippen MR) is 56.0 cm³/mol. The summed E-state index contributed by atoms with van der Waals surface area (Å²) in [6.45, 7) is 0.479. The van der Waals surface area contributed by atoms with Crippen LogP contribution in [0.5, 0.6) is 5.75 Å². The first-order valence-corrected chi connectivity index (χ1v) is 4.79. The van der Waals surface area contributed by atoms with Crippen molar-refractivity contribution in [2.75, 3.05) is 19.5 Å². The average Bonchev–Trinajstić information content (AvgIpc) is 2.26. The van der Waals surface area contributed by atoms with E-state index in [0.717, 1.165) is 5.75 Å². The summed E-state index contributed by atoms with van der Waals surface area (Å²) in [6.07, 6.45) is 0. The Morgan fingerprint density at radius 3 is 2.57 bits per heavy atom. The molecule has 0 unspecified atom stereocenters. The third-order valence-corrected chi connectivity index (χ3v) is 1.92. The molecule has 4 heteroatoms. The summed E-state index contributed by atoms with van der Waals surface area (Å²) in [4.78, 5) is 11.4. The number of alkyl halides is 1. The van der Waals surface area contributed by atoms with Gasteiger partial charge in [-0.1, -0.05) is 0 Å². The van der Waals surface area contributed by atoms with Gasteiger partial charge in [0.2, 0.25) is 0 Å². The Kier molecular flexibility index (Phi) is 4.26. The number of methoxy groups -OCH3 is 1. The average molecular weight is 214 g/mol. The molecule has 0 heterocycles. The van der Waals surface area contributed by atoms with Crippen LogP contribution in [0.2, 0.25) is 0 Å². The molecule has 14 heavy (non-hydrogen) atoms. The normalized spacial score (nSPS) is 9.57. The van der Waals surface area contributed by atoms with Crippen molar-refractivity contribution < 1.29 is 9.53 Å². The Bertz CT molecular complexity index is 297. The van der Waals surface area contributed by atoms with Crippen LogP contribution in [0.1, 0.15) is 10.4 Å². The SMILES string of the molecule is COc1ccc(C(=O)NCCCl)cc1. The highest BCUT2D eigenvalue weighted by Crippen LogP contribution is 2.10. The van der Waals surface area contributed by atoms with Crippen molar-refractivity contribution in [2.45, 2.75) is 0 Å². The van der Waals surface area contributed by atoms with Crippen LogP contribution in [0, 0.1) is 0 Å². The number of benzene rings is 1. The molecule has 1 aromatic rings. The topological polar surface area (TPSA) is 38.3 Å². The molecule has 0 radical (unpaired) electrons. The molecule has 3 nitrogen and oxygen atoms in total. The lowest BCUT2D eigenvalue weighted by Crippen LogP contribution is -2.25. The van der Waals surface area contributed by atoms with E-state index in [2.05, 4.69) is 5.32 Å². The minimum absolute atomic E-state index is 0.117. The number of amides is 1. The fraction of sp³-hybridized carbons (Fsp3) is 0.300. The van der Waals surface area contributed by atoms with Crippen molar-refractivity contribution in [3.8, 4) is 5.75 Å². The Morgan fingerprint density at radius 1 is 1.43 bits per heavy atom. The van der Waals surface area contributed by atoms with Gasteiger partial charge in [-0.25, -0.2) is 0 Å². The van der Waals surface area contributed by atoms with E-state index in [1.54, 1.807) is 31.4 Å². The number of hydrogen-bond donors (Lipinski definition) is 1. The number of rotatable bonds is 4. The first-order chi connectivity index (χ1) is 6.77. The van der Waals surface area contributed by atoms with Crippen LogP contribution >= 0.6 is 11.6 Å². The summed E-state index contributed by atoms with van der Waals surface area (Å²) in [7, 11) is 1.59. The maximum Gasteiger partial charge on any atom is 0.251 e. The summed E-state index contributed by atoms with van der Waals surface area (Å²) in [6, 6.07) is 6.91. The van der Waals surface area contributed by atoms with Crippen LogP contribution in [0.25, 0.3) is 0 Å². The smallest absolute Gasteiger partial charge is 0.251 e. The Labute approximate surface area is 88.0 Å². The molecular formula is C10H12ClNO2. The van der Waals surface area contributed by atoms with Gasteiger partial charge in [-0.05, 0) is 24.3 Å². The first-order valence-electron chi connectivity index (χ1n) is 4.26. The number of carbonyl (C=O) groups is 1. The molecule has 0 atom stereocenters. The van der Waals surface area contributed by atoms with E-state index in [9.17, 15) is 4.79 Å². The van der Waals surface area contributed by atoms with E-state index in [0.29, 0.717) is 18.0 Å². The second-order valence-corrected chi connectivity index (χ2v) is 3.05. The van der Waals surface area contributed by atoms with E-state index < -0.39 is 0 Å². The summed E-state index contributed by atoms with van der Waals surface area (Å²) in [5.41, 5.74) is 0.607. The molecule has 0 spiro atoms. The largest absolute Gasteiger partial charge is 0.497 e. The molecule has 1 rings (SSSR count). The van der Waals surface area contributed by atoms with Gasteiger partial charge in [-0.15, -0.1) is 11.6 Å². The molecule has 0 saturated carbocycles. The number of hydrogen-bond acceptors (Lipinski definition) is 2.